The topological polar surface area (TPSA) is 26.3 Å². The highest BCUT2D eigenvalue weighted by Crippen LogP contribution is 2.36. The lowest BCUT2D eigenvalue weighted by atomic mass is 9.79. The second-order valence-corrected chi connectivity index (χ2v) is 5.68. The number of hydrogen-bond donors (Lipinski definition) is 0. The van der Waals surface area contributed by atoms with Gasteiger partial charge in [-0.3, -0.25) is 0 Å². The van der Waals surface area contributed by atoms with Crippen molar-refractivity contribution in [3.8, 4) is 0 Å². The molecule has 1 saturated heterocycles. The number of rotatable bonds is 2. The molecule has 2 heterocycles. The summed E-state index contributed by atoms with van der Waals surface area (Å²) in [7, 11) is 0. The molecule has 0 spiro atoms. The van der Waals surface area contributed by atoms with Gasteiger partial charge in [-0.25, -0.2) is 0 Å². The molecule has 1 aromatic carbocycles. The maximum absolute atomic E-state index is 11.2. The Hall–Kier alpha value is -0.800. The molecule has 0 amide bonds. The molecule has 84 valence electrons. The summed E-state index contributed by atoms with van der Waals surface area (Å²) in [6.45, 7) is 1.09. The highest BCUT2D eigenvalue weighted by molar-refractivity contribution is 7.99. The summed E-state index contributed by atoms with van der Waals surface area (Å²) in [6.07, 6.45) is 3.44. The first-order chi connectivity index (χ1) is 7.84. The minimum Gasteiger partial charge on any atom is -0.379 e. The number of carbonyl (C=O) groups excluding carboxylic acids is 1. The van der Waals surface area contributed by atoms with Gasteiger partial charge in [-0.1, -0.05) is 12.1 Å². The van der Waals surface area contributed by atoms with E-state index >= 15 is 0 Å². The Bertz CT molecular complexity index is 424. The van der Waals surface area contributed by atoms with Gasteiger partial charge in [0.15, 0.2) is 0 Å². The van der Waals surface area contributed by atoms with E-state index in [1.807, 2.05) is 11.8 Å². The number of thioether (sulfide) groups is 1. The number of ether oxygens (including phenoxy) is 1. The van der Waals surface area contributed by atoms with E-state index in [1.54, 1.807) is 0 Å². The lowest BCUT2D eigenvalue weighted by Crippen LogP contribution is -2.48. The molecule has 1 fully saturated rings. The highest BCUT2D eigenvalue weighted by atomic mass is 32.2. The van der Waals surface area contributed by atoms with Gasteiger partial charge in [0.1, 0.15) is 6.29 Å². The summed E-state index contributed by atoms with van der Waals surface area (Å²) in [5.41, 5.74) is 2.19. The molecule has 2 nitrogen and oxygen atoms in total. The van der Waals surface area contributed by atoms with Gasteiger partial charge in [-0.15, -0.1) is 11.8 Å². The van der Waals surface area contributed by atoms with Gasteiger partial charge in [0.05, 0.1) is 18.6 Å². The van der Waals surface area contributed by atoms with E-state index < -0.39 is 0 Å². The second-order valence-electron chi connectivity index (χ2n) is 4.54. The second kappa shape index (κ2) is 3.90. The minimum atomic E-state index is -0.350. The highest BCUT2D eigenvalue weighted by Gasteiger charge is 2.40. The van der Waals surface area contributed by atoms with E-state index in [-0.39, 0.29) is 5.41 Å². The van der Waals surface area contributed by atoms with Crippen molar-refractivity contribution in [1.82, 2.24) is 0 Å². The van der Waals surface area contributed by atoms with Gasteiger partial charge in [0.2, 0.25) is 0 Å². The van der Waals surface area contributed by atoms with Gasteiger partial charge in [0.25, 0.3) is 0 Å². The quantitative estimate of drug-likeness (QED) is 0.734. The van der Waals surface area contributed by atoms with Crippen molar-refractivity contribution in [2.24, 2.45) is 0 Å². The predicted molar refractivity (Wildman–Crippen MR) is 64.0 cm³/mol. The van der Waals surface area contributed by atoms with Crippen LogP contribution in [0.3, 0.4) is 0 Å². The number of hydrogen-bond acceptors (Lipinski definition) is 3. The van der Waals surface area contributed by atoms with Crippen LogP contribution in [0.5, 0.6) is 0 Å². The molecule has 16 heavy (non-hydrogen) atoms. The zero-order valence-corrected chi connectivity index (χ0v) is 9.89. The molecule has 0 atom stereocenters. The molecule has 2 aliphatic rings. The van der Waals surface area contributed by atoms with E-state index in [0.29, 0.717) is 13.2 Å². The van der Waals surface area contributed by atoms with Crippen LogP contribution in [0.4, 0.5) is 0 Å². The number of fused-ring (bicyclic) bond motifs is 1. The Morgan fingerprint density at radius 2 is 2.25 bits per heavy atom. The number of benzene rings is 1. The fraction of sp³-hybridized carbons (Fsp3) is 0.462. The van der Waals surface area contributed by atoms with Crippen LogP contribution in [0.1, 0.15) is 17.5 Å². The van der Waals surface area contributed by atoms with Gasteiger partial charge < -0.3 is 9.53 Å². The molecule has 3 heteroatoms. The number of aryl methyl sites for hydroxylation is 1. The summed E-state index contributed by atoms with van der Waals surface area (Å²) in [5.74, 6) is 1.22. The molecular weight excluding hydrogens is 220 g/mol. The average Bonchev–Trinajstić information content (AvgIpc) is 2.28. The molecule has 0 aliphatic carbocycles. The molecular formula is C13H14O2S. The molecule has 0 N–H and O–H groups in total. The summed E-state index contributed by atoms with van der Waals surface area (Å²) in [5, 5.41) is 0. The Kier molecular flexibility index (Phi) is 2.52. The van der Waals surface area contributed by atoms with E-state index in [1.165, 1.54) is 22.6 Å². The van der Waals surface area contributed by atoms with Crippen LogP contribution in [0.25, 0.3) is 0 Å². The summed E-state index contributed by atoms with van der Waals surface area (Å²) in [4.78, 5) is 12.6. The van der Waals surface area contributed by atoms with Crippen LogP contribution in [0, 0.1) is 0 Å². The van der Waals surface area contributed by atoms with Gasteiger partial charge >= 0.3 is 0 Å². The largest absolute Gasteiger partial charge is 0.379 e. The third-order valence-electron chi connectivity index (χ3n) is 3.43. The molecule has 0 saturated carbocycles. The molecule has 3 rings (SSSR count). The first-order valence-electron chi connectivity index (χ1n) is 5.64. The molecule has 0 aromatic heterocycles. The zero-order chi connectivity index (χ0) is 11.0. The molecule has 0 bridgehead atoms. The lowest BCUT2D eigenvalue weighted by molar-refractivity contribution is -0.129. The van der Waals surface area contributed by atoms with Crippen LogP contribution in [0.2, 0.25) is 0 Å². The van der Waals surface area contributed by atoms with Gasteiger partial charge in [-0.2, -0.15) is 0 Å². The summed E-state index contributed by atoms with van der Waals surface area (Å²) in [6, 6.07) is 6.46. The fourth-order valence-corrected chi connectivity index (χ4v) is 3.31. The Morgan fingerprint density at radius 3 is 2.94 bits per heavy atom. The van der Waals surface area contributed by atoms with E-state index in [2.05, 4.69) is 18.2 Å². The summed E-state index contributed by atoms with van der Waals surface area (Å²) < 4.78 is 5.19. The Labute approximate surface area is 99.4 Å². The van der Waals surface area contributed by atoms with Crippen LogP contribution in [-0.2, 0) is 21.4 Å². The van der Waals surface area contributed by atoms with Crippen LogP contribution in [-0.4, -0.2) is 25.3 Å². The van der Waals surface area contributed by atoms with Crippen molar-refractivity contribution >= 4 is 18.0 Å². The SMILES string of the molecule is O=CC1(c2ccc3c(c2)CCCS3)COC1. The van der Waals surface area contributed by atoms with Crippen molar-refractivity contribution in [3.63, 3.8) is 0 Å². The standard InChI is InChI=1S/C13H14O2S/c14-7-13(8-15-9-13)11-3-4-12-10(6-11)2-1-5-16-12/h3-4,6-7H,1-2,5,8-9H2. The fourth-order valence-electron chi connectivity index (χ4n) is 2.29. The average molecular weight is 234 g/mol. The third kappa shape index (κ3) is 1.50. The van der Waals surface area contributed by atoms with Crippen molar-refractivity contribution in [2.75, 3.05) is 19.0 Å². The van der Waals surface area contributed by atoms with Crippen molar-refractivity contribution in [1.29, 1.82) is 0 Å². The third-order valence-corrected chi connectivity index (χ3v) is 4.63. The van der Waals surface area contributed by atoms with Crippen LogP contribution in [0.15, 0.2) is 23.1 Å². The minimum absolute atomic E-state index is 0.350. The first kappa shape index (κ1) is 10.4. The van der Waals surface area contributed by atoms with Crippen molar-refractivity contribution < 1.29 is 9.53 Å². The number of carbonyl (C=O) groups is 1. The number of aldehydes is 1. The van der Waals surface area contributed by atoms with E-state index in [0.717, 1.165) is 18.3 Å². The Morgan fingerprint density at radius 1 is 1.38 bits per heavy atom. The Balaban J connectivity index is 1.99. The maximum atomic E-state index is 11.2. The molecule has 0 radical (unpaired) electrons. The predicted octanol–water partition coefficient (Wildman–Crippen LogP) is 2.19. The maximum Gasteiger partial charge on any atom is 0.135 e. The first-order valence-corrected chi connectivity index (χ1v) is 6.63. The van der Waals surface area contributed by atoms with Gasteiger partial charge in [-0.05, 0) is 35.8 Å². The molecule has 0 unspecified atom stereocenters. The van der Waals surface area contributed by atoms with E-state index in [4.69, 9.17) is 4.74 Å². The molecule has 2 aliphatic heterocycles. The van der Waals surface area contributed by atoms with Gasteiger partial charge in [0, 0.05) is 4.90 Å². The smallest absolute Gasteiger partial charge is 0.135 e. The lowest BCUT2D eigenvalue weighted by Gasteiger charge is -2.37. The zero-order valence-electron chi connectivity index (χ0n) is 9.07. The van der Waals surface area contributed by atoms with Crippen LogP contribution >= 0.6 is 11.8 Å². The normalized spacial score (nSPS) is 22.0. The molecule has 1 aromatic rings. The monoisotopic (exact) mass is 234 g/mol. The summed E-state index contributed by atoms with van der Waals surface area (Å²) >= 11 is 1.92. The van der Waals surface area contributed by atoms with Crippen LogP contribution < -0.4 is 0 Å². The van der Waals surface area contributed by atoms with Crippen molar-refractivity contribution in [3.05, 3.63) is 29.3 Å². The van der Waals surface area contributed by atoms with E-state index in [9.17, 15) is 4.79 Å². The van der Waals surface area contributed by atoms with Crippen molar-refractivity contribution in [2.45, 2.75) is 23.2 Å².